The summed E-state index contributed by atoms with van der Waals surface area (Å²) in [5.41, 5.74) is 7.33. The van der Waals surface area contributed by atoms with E-state index in [-0.39, 0.29) is 17.4 Å². The number of nitrogen functional groups attached to an aromatic ring is 1. The molecular formula is C15H16ClN3O2. The molecule has 1 unspecified atom stereocenters. The average molecular weight is 306 g/mol. The molecule has 0 aliphatic carbocycles. The van der Waals surface area contributed by atoms with Gasteiger partial charge in [-0.05, 0) is 36.8 Å². The van der Waals surface area contributed by atoms with E-state index in [1.807, 2.05) is 24.0 Å². The van der Waals surface area contributed by atoms with Gasteiger partial charge in [0.1, 0.15) is 11.4 Å². The summed E-state index contributed by atoms with van der Waals surface area (Å²) in [7, 11) is 1.81. The van der Waals surface area contributed by atoms with Crippen LogP contribution in [0.2, 0.25) is 5.02 Å². The molecule has 0 aromatic heterocycles. The van der Waals surface area contributed by atoms with Gasteiger partial charge in [0.25, 0.3) is 0 Å². The number of para-hydroxylation sites is 1. The van der Waals surface area contributed by atoms with Crippen LogP contribution in [0.1, 0.15) is 18.5 Å². The summed E-state index contributed by atoms with van der Waals surface area (Å²) >= 11 is 5.88. The van der Waals surface area contributed by atoms with Gasteiger partial charge in [0.15, 0.2) is 0 Å². The van der Waals surface area contributed by atoms with Crippen LogP contribution in [0, 0.1) is 10.1 Å². The number of nitro benzene ring substituents is 1. The molecule has 2 rings (SSSR count). The molecule has 6 heteroatoms. The number of nitrogens with two attached hydrogens (primary N) is 1. The van der Waals surface area contributed by atoms with E-state index in [4.69, 9.17) is 17.3 Å². The Labute approximate surface area is 128 Å². The normalized spacial score (nSPS) is 12.0. The minimum Gasteiger partial charge on any atom is -0.393 e. The molecule has 0 heterocycles. The lowest BCUT2D eigenvalue weighted by molar-refractivity contribution is -0.383. The third-order valence-electron chi connectivity index (χ3n) is 3.54. The lowest BCUT2D eigenvalue weighted by Crippen LogP contribution is -2.22. The second kappa shape index (κ2) is 6.01. The van der Waals surface area contributed by atoms with Gasteiger partial charge in [0.2, 0.25) is 0 Å². The molecule has 1 atom stereocenters. The number of benzene rings is 2. The van der Waals surface area contributed by atoms with Crippen LogP contribution in [0.25, 0.3) is 0 Å². The van der Waals surface area contributed by atoms with Gasteiger partial charge in [-0.1, -0.05) is 29.8 Å². The predicted octanol–water partition coefficient (Wildman–Crippen LogP) is 4.03. The van der Waals surface area contributed by atoms with Crippen molar-refractivity contribution < 1.29 is 4.92 Å². The van der Waals surface area contributed by atoms with Crippen molar-refractivity contribution >= 4 is 28.7 Å². The Bertz CT molecular complexity index is 658. The predicted molar refractivity (Wildman–Crippen MR) is 85.8 cm³/mol. The summed E-state index contributed by atoms with van der Waals surface area (Å²) in [5, 5.41) is 11.9. The Morgan fingerprint density at radius 2 is 1.86 bits per heavy atom. The van der Waals surface area contributed by atoms with Crippen LogP contribution in [-0.4, -0.2) is 12.0 Å². The fourth-order valence-electron chi connectivity index (χ4n) is 2.21. The summed E-state index contributed by atoms with van der Waals surface area (Å²) in [4.78, 5) is 12.6. The summed E-state index contributed by atoms with van der Waals surface area (Å²) < 4.78 is 0. The number of nitrogens with zero attached hydrogens (tertiary/aromatic N) is 2. The van der Waals surface area contributed by atoms with Gasteiger partial charge in [-0.15, -0.1) is 0 Å². The Kier molecular flexibility index (Phi) is 4.33. The smallest absolute Gasteiger partial charge is 0.315 e. The molecule has 0 spiro atoms. The average Bonchev–Trinajstić information content (AvgIpc) is 2.46. The molecule has 0 bridgehead atoms. The quantitative estimate of drug-likeness (QED) is 0.526. The standard InChI is InChI=1S/C15H16ClN3O2/c1-10(11-6-8-12(16)9-7-11)18(2)14-5-3-4-13(17)15(14)19(20)21/h3-10H,17H2,1-2H3. The van der Waals surface area contributed by atoms with Gasteiger partial charge < -0.3 is 10.6 Å². The Morgan fingerprint density at radius 3 is 2.43 bits per heavy atom. The SMILES string of the molecule is CC(c1ccc(Cl)cc1)N(C)c1cccc(N)c1[N+](=O)[O-]. The van der Waals surface area contributed by atoms with E-state index < -0.39 is 4.92 Å². The molecule has 0 saturated carbocycles. The van der Waals surface area contributed by atoms with Crippen molar-refractivity contribution in [1.29, 1.82) is 0 Å². The summed E-state index contributed by atoms with van der Waals surface area (Å²) in [6.45, 7) is 1.97. The summed E-state index contributed by atoms with van der Waals surface area (Å²) in [6.07, 6.45) is 0. The van der Waals surface area contributed by atoms with Crippen LogP contribution in [0.5, 0.6) is 0 Å². The number of halogens is 1. The second-order valence-corrected chi connectivity index (χ2v) is 5.25. The number of nitro groups is 1. The van der Waals surface area contributed by atoms with Crippen LogP contribution < -0.4 is 10.6 Å². The molecular weight excluding hydrogens is 290 g/mol. The van der Waals surface area contributed by atoms with Gasteiger partial charge in [0, 0.05) is 12.1 Å². The van der Waals surface area contributed by atoms with Gasteiger partial charge in [0.05, 0.1) is 11.0 Å². The van der Waals surface area contributed by atoms with Crippen LogP contribution in [0.15, 0.2) is 42.5 Å². The van der Waals surface area contributed by atoms with E-state index >= 15 is 0 Å². The van der Waals surface area contributed by atoms with Crippen molar-refractivity contribution in [3.8, 4) is 0 Å². The fourth-order valence-corrected chi connectivity index (χ4v) is 2.33. The largest absolute Gasteiger partial charge is 0.393 e. The Hall–Kier alpha value is -2.27. The van der Waals surface area contributed by atoms with E-state index in [2.05, 4.69) is 0 Å². The molecule has 2 aromatic carbocycles. The first kappa shape index (κ1) is 15.1. The number of anilines is 2. The van der Waals surface area contributed by atoms with Crippen LogP contribution >= 0.6 is 11.6 Å². The number of rotatable bonds is 4. The maximum absolute atomic E-state index is 11.2. The van der Waals surface area contributed by atoms with Gasteiger partial charge in [-0.2, -0.15) is 0 Å². The Morgan fingerprint density at radius 1 is 1.24 bits per heavy atom. The highest BCUT2D eigenvalue weighted by molar-refractivity contribution is 6.30. The minimum absolute atomic E-state index is 0.0530. The zero-order chi connectivity index (χ0) is 15.6. The molecule has 2 aromatic rings. The number of hydrogen-bond acceptors (Lipinski definition) is 4. The highest BCUT2D eigenvalue weighted by atomic mass is 35.5. The van der Waals surface area contributed by atoms with E-state index in [0.717, 1.165) is 5.56 Å². The lowest BCUT2D eigenvalue weighted by atomic mass is 10.1. The Balaban J connectivity index is 2.40. The summed E-state index contributed by atoms with van der Waals surface area (Å²) in [6, 6.07) is 12.3. The molecule has 21 heavy (non-hydrogen) atoms. The van der Waals surface area contributed by atoms with Crippen LogP contribution in [0.4, 0.5) is 17.1 Å². The molecule has 0 amide bonds. The molecule has 0 aliphatic heterocycles. The lowest BCUT2D eigenvalue weighted by Gasteiger charge is -2.27. The maximum atomic E-state index is 11.2. The van der Waals surface area contributed by atoms with Crippen molar-refractivity contribution in [2.24, 2.45) is 0 Å². The van der Waals surface area contributed by atoms with Crippen molar-refractivity contribution in [2.45, 2.75) is 13.0 Å². The third kappa shape index (κ3) is 3.08. The monoisotopic (exact) mass is 305 g/mol. The second-order valence-electron chi connectivity index (χ2n) is 4.81. The third-order valence-corrected chi connectivity index (χ3v) is 3.79. The molecule has 0 saturated heterocycles. The van der Waals surface area contributed by atoms with Crippen molar-refractivity contribution in [3.05, 3.63) is 63.2 Å². The fraction of sp³-hybridized carbons (Fsp3) is 0.200. The molecule has 0 radical (unpaired) electrons. The molecule has 0 aliphatic rings. The van der Waals surface area contributed by atoms with Crippen molar-refractivity contribution in [3.63, 3.8) is 0 Å². The minimum atomic E-state index is -0.449. The molecule has 2 N–H and O–H groups in total. The van der Waals surface area contributed by atoms with E-state index in [0.29, 0.717) is 10.7 Å². The van der Waals surface area contributed by atoms with E-state index in [1.54, 1.807) is 31.3 Å². The van der Waals surface area contributed by atoms with Gasteiger partial charge in [-0.25, -0.2) is 0 Å². The zero-order valence-electron chi connectivity index (χ0n) is 11.8. The topological polar surface area (TPSA) is 72.4 Å². The van der Waals surface area contributed by atoms with Crippen LogP contribution in [0.3, 0.4) is 0 Å². The van der Waals surface area contributed by atoms with Crippen molar-refractivity contribution in [1.82, 2.24) is 0 Å². The molecule has 0 fully saturated rings. The first-order chi connectivity index (χ1) is 9.91. The zero-order valence-corrected chi connectivity index (χ0v) is 12.5. The highest BCUT2D eigenvalue weighted by Gasteiger charge is 2.23. The summed E-state index contributed by atoms with van der Waals surface area (Å²) in [5.74, 6) is 0. The number of hydrogen-bond donors (Lipinski definition) is 1. The first-order valence-electron chi connectivity index (χ1n) is 6.43. The molecule has 110 valence electrons. The van der Waals surface area contributed by atoms with Gasteiger partial charge in [-0.3, -0.25) is 10.1 Å². The van der Waals surface area contributed by atoms with E-state index in [9.17, 15) is 10.1 Å². The van der Waals surface area contributed by atoms with Crippen molar-refractivity contribution in [2.75, 3.05) is 17.7 Å². The van der Waals surface area contributed by atoms with E-state index in [1.165, 1.54) is 6.07 Å². The van der Waals surface area contributed by atoms with Gasteiger partial charge >= 0.3 is 5.69 Å². The molecule has 5 nitrogen and oxygen atoms in total. The first-order valence-corrected chi connectivity index (χ1v) is 6.80. The maximum Gasteiger partial charge on any atom is 0.315 e. The van der Waals surface area contributed by atoms with Crippen LogP contribution in [-0.2, 0) is 0 Å². The highest BCUT2D eigenvalue weighted by Crippen LogP contribution is 2.36.